The van der Waals surface area contributed by atoms with E-state index in [-0.39, 0.29) is 0 Å². The van der Waals surface area contributed by atoms with Gasteiger partial charge in [0.2, 0.25) is 0 Å². The van der Waals surface area contributed by atoms with Crippen LogP contribution in [0.3, 0.4) is 0 Å². The number of hydrogen-bond acceptors (Lipinski definition) is 3. The average molecular weight is 338 g/mol. The number of aromatic nitrogens is 2. The normalized spacial score (nSPS) is 11.0. The Morgan fingerprint density at radius 1 is 0.960 bits per heavy atom. The Balaban J connectivity index is 1.93. The highest BCUT2D eigenvalue weighted by Gasteiger charge is 2.12. The summed E-state index contributed by atoms with van der Waals surface area (Å²) in [6, 6.07) is 14.5. The highest BCUT2D eigenvalue weighted by Crippen LogP contribution is 2.29. The molecular weight excluding hydrogens is 312 g/mol. The zero-order chi connectivity index (χ0) is 17.6. The summed E-state index contributed by atoms with van der Waals surface area (Å²) in [5, 5.41) is 0. The Morgan fingerprint density at radius 2 is 1.76 bits per heavy atom. The van der Waals surface area contributed by atoms with E-state index in [1.54, 1.807) is 14.2 Å². The molecule has 25 heavy (non-hydrogen) atoms. The Morgan fingerprint density at radius 3 is 2.52 bits per heavy atom. The number of ether oxygens (including phenoxy) is 2. The van der Waals surface area contributed by atoms with Crippen LogP contribution in [-0.4, -0.2) is 23.8 Å². The summed E-state index contributed by atoms with van der Waals surface area (Å²) in [6.07, 6.45) is 4.41. The lowest BCUT2D eigenvalue weighted by Gasteiger charge is -2.11. The van der Waals surface area contributed by atoms with Crippen LogP contribution in [0.4, 0.5) is 0 Å². The summed E-state index contributed by atoms with van der Waals surface area (Å²) in [6.45, 7) is 3.24. The van der Waals surface area contributed by atoms with Gasteiger partial charge >= 0.3 is 0 Å². The molecule has 0 aliphatic heterocycles. The van der Waals surface area contributed by atoms with Crippen LogP contribution in [0.1, 0.15) is 37.6 Å². The lowest BCUT2D eigenvalue weighted by Crippen LogP contribution is -2.05. The van der Waals surface area contributed by atoms with Crippen LogP contribution in [0, 0.1) is 0 Å². The molecule has 1 heterocycles. The predicted octanol–water partition coefficient (Wildman–Crippen LogP) is 4.83. The standard InChI is InChI=1S/C21H26N2O2/c1-4-5-8-13-23-18-10-7-6-9-17(18)22-21(23)15-16-11-12-19(24-2)20(14-16)25-3/h6-7,9-12,14H,4-5,8,13,15H2,1-3H3. The van der Waals surface area contributed by atoms with Gasteiger partial charge < -0.3 is 14.0 Å². The number of benzene rings is 2. The van der Waals surface area contributed by atoms with Crippen molar-refractivity contribution in [3.05, 3.63) is 53.9 Å². The van der Waals surface area contributed by atoms with Gasteiger partial charge in [0.1, 0.15) is 5.82 Å². The first kappa shape index (κ1) is 17.3. The van der Waals surface area contributed by atoms with Crippen molar-refractivity contribution in [2.45, 2.75) is 39.2 Å². The summed E-state index contributed by atoms with van der Waals surface area (Å²) in [4.78, 5) is 4.88. The number of nitrogens with zero attached hydrogens (tertiary/aromatic N) is 2. The number of unbranched alkanes of at least 4 members (excludes halogenated alkanes) is 2. The molecule has 0 atom stereocenters. The summed E-state index contributed by atoms with van der Waals surface area (Å²) in [7, 11) is 3.33. The van der Waals surface area contributed by atoms with Gasteiger partial charge in [-0.2, -0.15) is 0 Å². The number of methoxy groups -OCH3 is 2. The molecule has 4 heteroatoms. The number of fused-ring (bicyclic) bond motifs is 1. The van der Waals surface area contributed by atoms with E-state index in [9.17, 15) is 0 Å². The van der Waals surface area contributed by atoms with Gasteiger partial charge in [-0.1, -0.05) is 38.0 Å². The van der Waals surface area contributed by atoms with E-state index in [0.717, 1.165) is 35.8 Å². The number of hydrogen-bond donors (Lipinski definition) is 0. The van der Waals surface area contributed by atoms with Crippen molar-refractivity contribution in [2.75, 3.05) is 14.2 Å². The second-order valence-electron chi connectivity index (χ2n) is 6.24. The van der Waals surface area contributed by atoms with E-state index in [0.29, 0.717) is 0 Å². The zero-order valence-corrected chi connectivity index (χ0v) is 15.3. The third-order valence-corrected chi connectivity index (χ3v) is 4.53. The number of aryl methyl sites for hydroxylation is 1. The third kappa shape index (κ3) is 3.78. The molecule has 1 aromatic heterocycles. The fourth-order valence-corrected chi connectivity index (χ4v) is 3.20. The molecule has 2 aromatic carbocycles. The monoisotopic (exact) mass is 338 g/mol. The van der Waals surface area contributed by atoms with Gasteiger partial charge in [-0.3, -0.25) is 0 Å². The minimum atomic E-state index is 0.752. The molecule has 3 rings (SSSR count). The molecule has 4 nitrogen and oxygen atoms in total. The molecule has 0 saturated carbocycles. The second-order valence-corrected chi connectivity index (χ2v) is 6.24. The molecule has 0 bridgehead atoms. The van der Waals surface area contributed by atoms with E-state index in [4.69, 9.17) is 14.5 Å². The van der Waals surface area contributed by atoms with Gasteiger partial charge in [0, 0.05) is 13.0 Å². The van der Waals surface area contributed by atoms with Gasteiger partial charge in [-0.15, -0.1) is 0 Å². The fourth-order valence-electron chi connectivity index (χ4n) is 3.20. The Labute approximate surface area is 149 Å². The van der Waals surface area contributed by atoms with Gasteiger partial charge in [0.05, 0.1) is 25.3 Å². The van der Waals surface area contributed by atoms with Crippen molar-refractivity contribution in [1.29, 1.82) is 0 Å². The lowest BCUT2D eigenvalue weighted by molar-refractivity contribution is 0.354. The van der Waals surface area contributed by atoms with Crippen molar-refractivity contribution in [3.63, 3.8) is 0 Å². The van der Waals surface area contributed by atoms with Crippen LogP contribution in [0.25, 0.3) is 11.0 Å². The molecule has 0 N–H and O–H groups in total. The predicted molar refractivity (Wildman–Crippen MR) is 102 cm³/mol. The van der Waals surface area contributed by atoms with Crippen LogP contribution in [0.5, 0.6) is 11.5 Å². The molecular formula is C21H26N2O2. The smallest absolute Gasteiger partial charge is 0.161 e. The topological polar surface area (TPSA) is 36.3 Å². The Bertz CT molecular complexity index is 839. The molecule has 132 valence electrons. The Hall–Kier alpha value is -2.49. The maximum atomic E-state index is 5.43. The van der Waals surface area contributed by atoms with Gasteiger partial charge in [0.15, 0.2) is 11.5 Å². The molecule has 0 fully saturated rings. The lowest BCUT2D eigenvalue weighted by atomic mass is 10.1. The van der Waals surface area contributed by atoms with Crippen molar-refractivity contribution in [1.82, 2.24) is 9.55 Å². The first-order valence-corrected chi connectivity index (χ1v) is 8.91. The molecule has 0 amide bonds. The van der Waals surface area contributed by atoms with Crippen molar-refractivity contribution < 1.29 is 9.47 Å². The number of para-hydroxylation sites is 2. The van der Waals surface area contributed by atoms with Gasteiger partial charge in [-0.05, 0) is 36.2 Å². The SMILES string of the molecule is CCCCCn1c(Cc2ccc(OC)c(OC)c2)nc2ccccc21. The van der Waals surface area contributed by atoms with E-state index >= 15 is 0 Å². The minimum Gasteiger partial charge on any atom is -0.493 e. The van der Waals surface area contributed by atoms with Crippen LogP contribution in [0.2, 0.25) is 0 Å². The minimum absolute atomic E-state index is 0.752. The fraction of sp³-hybridized carbons (Fsp3) is 0.381. The van der Waals surface area contributed by atoms with Crippen LogP contribution in [-0.2, 0) is 13.0 Å². The average Bonchev–Trinajstić information content (AvgIpc) is 2.99. The van der Waals surface area contributed by atoms with Crippen LogP contribution >= 0.6 is 0 Å². The van der Waals surface area contributed by atoms with Gasteiger partial charge in [-0.25, -0.2) is 4.98 Å². The van der Waals surface area contributed by atoms with Gasteiger partial charge in [0.25, 0.3) is 0 Å². The van der Waals surface area contributed by atoms with Crippen molar-refractivity contribution in [2.24, 2.45) is 0 Å². The summed E-state index contributed by atoms with van der Waals surface area (Å²) in [5.41, 5.74) is 3.45. The molecule has 0 aliphatic carbocycles. The first-order chi connectivity index (χ1) is 12.3. The Kier molecular flexibility index (Phi) is 5.59. The quantitative estimate of drug-likeness (QED) is 0.552. The van der Waals surface area contributed by atoms with E-state index in [2.05, 4.69) is 35.8 Å². The van der Waals surface area contributed by atoms with E-state index in [1.807, 2.05) is 18.2 Å². The summed E-state index contributed by atoms with van der Waals surface area (Å²) in [5.74, 6) is 2.61. The molecule has 0 radical (unpaired) electrons. The maximum Gasteiger partial charge on any atom is 0.161 e. The van der Waals surface area contributed by atoms with Crippen LogP contribution in [0.15, 0.2) is 42.5 Å². The number of rotatable bonds is 8. The third-order valence-electron chi connectivity index (χ3n) is 4.53. The molecule has 0 saturated heterocycles. The zero-order valence-electron chi connectivity index (χ0n) is 15.3. The highest BCUT2D eigenvalue weighted by molar-refractivity contribution is 5.76. The van der Waals surface area contributed by atoms with E-state index in [1.165, 1.54) is 30.3 Å². The maximum absolute atomic E-state index is 5.43. The molecule has 0 unspecified atom stereocenters. The molecule has 3 aromatic rings. The van der Waals surface area contributed by atoms with Crippen molar-refractivity contribution >= 4 is 11.0 Å². The molecule has 0 spiro atoms. The summed E-state index contributed by atoms with van der Waals surface area (Å²) < 4.78 is 13.1. The largest absolute Gasteiger partial charge is 0.493 e. The highest BCUT2D eigenvalue weighted by atomic mass is 16.5. The summed E-state index contributed by atoms with van der Waals surface area (Å²) >= 11 is 0. The number of imidazole rings is 1. The van der Waals surface area contributed by atoms with E-state index < -0.39 is 0 Å². The molecule has 0 aliphatic rings. The second kappa shape index (κ2) is 8.06. The van der Waals surface area contributed by atoms with Crippen molar-refractivity contribution in [3.8, 4) is 11.5 Å². The van der Waals surface area contributed by atoms with Crippen LogP contribution < -0.4 is 9.47 Å². The first-order valence-electron chi connectivity index (χ1n) is 8.91.